The van der Waals surface area contributed by atoms with Crippen LogP contribution in [-0.2, 0) is 9.09 Å². The van der Waals surface area contributed by atoms with Gasteiger partial charge in [0, 0.05) is 6.92 Å². The van der Waals surface area contributed by atoms with E-state index >= 15 is 0 Å². The second-order valence-corrected chi connectivity index (χ2v) is 4.30. The molecule has 0 unspecified atom stereocenters. The average Bonchev–Trinajstić information content (AvgIpc) is 1.95. The van der Waals surface area contributed by atoms with E-state index in [9.17, 15) is 39.7 Å². The summed E-state index contributed by atoms with van der Waals surface area (Å²) < 4.78 is 111. The fraction of sp³-hybridized carbons (Fsp3) is 1.00. The van der Waals surface area contributed by atoms with Crippen molar-refractivity contribution < 1.29 is 54.0 Å². The van der Waals surface area contributed by atoms with E-state index in [1.165, 1.54) is 0 Å². The minimum absolute atomic E-state index is 0.769. The monoisotopic (exact) mass is 312 g/mol. The highest BCUT2D eigenvalue weighted by Crippen LogP contribution is 2.56. The van der Waals surface area contributed by atoms with Crippen molar-refractivity contribution >= 4 is 7.82 Å². The molecule has 0 bridgehead atoms. The maximum atomic E-state index is 12.6. The number of rotatable bonds is 5. The largest absolute Gasteiger partial charge is 0.474 e. The van der Waals surface area contributed by atoms with Gasteiger partial charge < -0.3 is 9.79 Å². The highest BCUT2D eigenvalue weighted by atomic mass is 31.2. The zero-order chi connectivity index (χ0) is 15.2. The van der Waals surface area contributed by atoms with Crippen molar-refractivity contribution in [3.8, 4) is 0 Å². The fourth-order valence-electron chi connectivity index (χ4n) is 0.665. The van der Waals surface area contributed by atoms with Gasteiger partial charge in [0.15, 0.2) is 0 Å². The number of phosphoric ester groups is 1. The van der Waals surface area contributed by atoms with Crippen LogP contribution in [0.5, 0.6) is 0 Å². The molecule has 0 aromatic carbocycles. The third kappa shape index (κ3) is 3.11. The highest BCUT2D eigenvalue weighted by Gasteiger charge is 2.81. The maximum Gasteiger partial charge on any atom is 0.474 e. The Morgan fingerprint density at radius 3 is 1.44 bits per heavy atom. The summed E-state index contributed by atoms with van der Waals surface area (Å²) in [7, 11) is -6.31. The van der Waals surface area contributed by atoms with Crippen LogP contribution < -0.4 is 0 Å². The van der Waals surface area contributed by atoms with E-state index in [4.69, 9.17) is 9.79 Å². The molecular weight excluding hydrogens is 307 g/mol. The second kappa shape index (κ2) is 4.29. The van der Waals surface area contributed by atoms with Crippen LogP contribution in [0.1, 0.15) is 6.92 Å². The van der Waals surface area contributed by atoms with Gasteiger partial charge in [0.05, 0.1) is 0 Å². The van der Waals surface area contributed by atoms with E-state index in [2.05, 4.69) is 4.52 Å². The van der Waals surface area contributed by atoms with Gasteiger partial charge in [0.1, 0.15) is 0 Å². The fourth-order valence-corrected chi connectivity index (χ4v) is 1.08. The van der Waals surface area contributed by atoms with E-state index in [-0.39, 0.29) is 0 Å². The predicted octanol–water partition coefficient (Wildman–Crippen LogP) is 2.61. The first-order valence-corrected chi connectivity index (χ1v) is 5.26. The number of phosphoric acid groups is 1. The summed E-state index contributed by atoms with van der Waals surface area (Å²) in [6.45, 7) is -0.769. The molecule has 0 amide bonds. The molecule has 0 rings (SSSR count). The molecule has 0 heterocycles. The molecule has 0 aromatic rings. The Labute approximate surface area is 93.8 Å². The van der Waals surface area contributed by atoms with Crippen LogP contribution in [0, 0.1) is 0 Å². The van der Waals surface area contributed by atoms with Crippen LogP contribution in [-0.4, -0.2) is 33.7 Å². The Balaban J connectivity index is 5.57. The molecule has 0 aliphatic heterocycles. The SMILES string of the molecule is CC(F)(F)C(F)(F)C(F)(F)C(F)(F)OP(=O)(O)O. The first kappa shape index (κ1) is 17.6. The summed E-state index contributed by atoms with van der Waals surface area (Å²) in [6.07, 6.45) is -6.50. The minimum Gasteiger partial charge on any atom is -0.303 e. The second-order valence-electron chi connectivity index (χ2n) is 3.14. The molecule has 0 radical (unpaired) electrons. The van der Waals surface area contributed by atoms with Crippen molar-refractivity contribution in [1.82, 2.24) is 0 Å². The first-order chi connectivity index (χ1) is 7.46. The van der Waals surface area contributed by atoms with Gasteiger partial charge in [0.2, 0.25) is 0 Å². The van der Waals surface area contributed by atoms with E-state index in [0.717, 1.165) is 0 Å². The summed E-state index contributed by atoms with van der Waals surface area (Å²) >= 11 is 0. The third-order valence-electron chi connectivity index (χ3n) is 1.54. The molecular formula is C5H5F8O4P. The van der Waals surface area contributed by atoms with Gasteiger partial charge in [0.25, 0.3) is 0 Å². The topological polar surface area (TPSA) is 66.8 Å². The Morgan fingerprint density at radius 2 is 1.22 bits per heavy atom. The Bertz CT molecular complexity index is 357. The summed E-state index contributed by atoms with van der Waals surface area (Å²) in [4.78, 5) is 15.7. The van der Waals surface area contributed by atoms with Crippen molar-refractivity contribution in [3.05, 3.63) is 0 Å². The number of halogens is 8. The summed E-state index contributed by atoms with van der Waals surface area (Å²) in [5.74, 6) is -19.0. The average molecular weight is 312 g/mol. The molecule has 0 aliphatic carbocycles. The molecule has 0 atom stereocenters. The molecule has 0 aromatic heterocycles. The van der Waals surface area contributed by atoms with E-state index in [1.807, 2.05) is 0 Å². The van der Waals surface area contributed by atoms with Gasteiger partial charge in [-0.05, 0) is 0 Å². The highest BCUT2D eigenvalue weighted by molar-refractivity contribution is 7.46. The molecule has 13 heteroatoms. The normalized spacial score (nSPS) is 15.9. The number of hydrogen-bond donors (Lipinski definition) is 2. The van der Waals surface area contributed by atoms with E-state index < -0.39 is 38.6 Å². The molecule has 4 nitrogen and oxygen atoms in total. The number of alkyl halides is 8. The Hall–Kier alpha value is -0.450. The maximum absolute atomic E-state index is 12.6. The zero-order valence-electron chi connectivity index (χ0n) is 8.18. The van der Waals surface area contributed by atoms with Crippen molar-refractivity contribution in [3.63, 3.8) is 0 Å². The summed E-state index contributed by atoms with van der Waals surface area (Å²) in [6, 6.07) is 0. The standard InChI is InChI=1S/C5H5F8O4P/c1-2(6,7)3(8,9)4(10,11)5(12,13)17-18(14,15)16/h1H3,(H2,14,15,16). The van der Waals surface area contributed by atoms with Crippen LogP contribution in [0.25, 0.3) is 0 Å². The van der Waals surface area contributed by atoms with Gasteiger partial charge in [-0.25, -0.2) is 9.09 Å². The molecule has 18 heavy (non-hydrogen) atoms. The van der Waals surface area contributed by atoms with Crippen LogP contribution in [0.3, 0.4) is 0 Å². The predicted molar refractivity (Wildman–Crippen MR) is 38.6 cm³/mol. The van der Waals surface area contributed by atoms with E-state index in [0.29, 0.717) is 0 Å². The van der Waals surface area contributed by atoms with Gasteiger partial charge in [-0.1, -0.05) is 0 Å². The van der Waals surface area contributed by atoms with Gasteiger partial charge in [-0.2, -0.15) is 35.1 Å². The molecule has 0 saturated carbocycles. The smallest absolute Gasteiger partial charge is 0.303 e. The van der Waals surface area contributed by atoms with Crippen molar-refractivity contribution in [1.29, 1.82) is 0 Å². The van der Waals surface area contributed by atoms with Crippen LogP contribution >= 0.6 is 7.82 Å². The Morgan fingerprint density at radius 1 is 0.889 bits per heavy atom. The van der Waals surface area contributed by atoms with Crippen molar-refractivity contribution in [2.45, 2.75) is 30.8 Å². The Kier molecular flexibility index (Phi) is 4.18. The lowest BCUT2D eigenvalue weighted by molar-refractivity contribution is -0.408. The zero-order valence-corrected chi connectivity index (χ0v) is 9.08. The van der Waals surface area contributed by atoms with Crippen LogP contribution in [0.15, 0.2) is 0 Å². The molecule has 0 spiro atoms. The lowest BCUT2D eigenvalue weighted by atomic mass is 10.1. The summed E-state index contributed by atoms with van der Waals surface area (Å²) in [5, 5.41) is 0. The van der Waals surface area contributed by atoms with Gasteiger partial charge >= 0.3 is 31.7 Å². The van der Waals surface area contributed by atoms with Crippen molar-refractivity contribution in [2.24, 2.45) is 0 Å². The third-order valence-corrected chi connectivity index (χ3v) is 2.01. The quantitative estimate of drug-likeness (QED) is 0.605. The molecule has 0 fully saturated rings. The first-order valence-electron chi connectivity index (χ1n) is 3.73. The summed E-state index contributed by atoms with van der Waals surface area (Å²) in [5.41, 5.74) is 0. The molecule has 0 aliphatic rings. The van der Waals surface area contributed by atoms with Crippen LogP contribution in [0.2, 0.25) is 0 Å². The van der Waals surface area contributed by atoms with Gasteiger partial charge in [-0.15, -0.1) is 0 Å². The number of hydrogen-bond acceptors (Lipinski definition) is 2. The van der Waals surface area contributed by atoms with E-state index in [1.54, 1.807) is 0 Å². The molecule has 110 valence electrons. The van der Waals surface area contributed by atoms with Crippen LogP contribution in [0.4, 0.5) is 35.1 Å². The molecule has 2 N–H and O–H groups in total. The molecule has 0 saturated heterocycles. The lowest BCUT2D eigenvalue weighted by Gasteiger charge is -2.34. The van der Waals surface area contributed by atoms with Crippen molar-refractivity contribution in [2.75, 3.05) is 0 Å². The lowest BCUT2D eigenvalue weighted by Crippen LogP contribution is -2.61. The van der Waals surface area contributed by atoms with Gasteiger partial charge in [-0.3, -0.25) is 0 Å². The minimum atomic E-state index is -6.85.